The van der Waals surface area contributed by atoms with Gasteiger partial charge in [-0.1, -0.05) is 0 Å². The van der Waals surface area contributed by atoms with E-state index in [2.05, 4.69) is 10.3 Å². The fourth-order valence-corrected chi connectivity index (χ4v) is 1.20. The number of hydrogen-bond acceptors (Lipinski definition) is 3. The van der Waals surface area contributed by atoms with Gasteiger partial charge in [0.2, 0.25) is 0 Å². The molecule has 0 unspecified atom stereocenters. The maximum absolute atomic E-state index is 11.6. The Hall–Kier alpha value is -1.32. The predicted molar refractivity (Wildman–Crippen MR) is 57.6 cm³/mol. The van der Waals surface area contributed by atoms with Crippen LogP contribution in [-0.4, -0.2) is 15.1 Å². The van der Waals surface area contributed by atoms with Crippen LogP contribution in [-0.2, 0) is 7.05 Å². The average molecular weight is 195 g/mol. The Balaban J connectivity index is 3.16. The largest absolute Gasteiger partial charge is 0.361 e. The molecular formula is C10H17N3O. The minimum atomic E-state index is -0.146. The molecule has 4 heteroatoms. The third kappa shape index (κ3) is 2.58. The van der Waals surface area contributed by atoms with Crippen molar-refractivity contribution in [3.63, 3.8) is 0 Å². The third-order valence-corrected chi connectivity index (χ3v) is 1.68. The van der Waals surface area contributed by atoms with Crippen molar-refractivity contribution < 1.29 is 0 Å². The van der Waals surface area contributed by atoms with E-state index < -0.39 is 0 Å². The van der Waals surface area contributed by atoms with Crippen molar-refractivity contribution in [1.82, 2.24) is 9.55 Å². The van der Waals surface area contributed by atoms with Gasteiger partial charge in [-0.2, -0.15) is 0 Å². The molecule has 0 saturated heterocycles. The molecular weight excluding hydrogens is 178 g/mol. The van der Waals surface area contributed by atoms with Crippen LogP contribution in [0.2, 0.25) is 0 Å². The van der Waals surface area contributed by atoms with Crippen molar-refractivity contribution in [2.75, 3.05) is 5.32 Å². The summed E-state index contributed by atoms with van der Waals surface area (Å²) in [6.45, 7) is 7.86. The average Bonchev–Trinajstić information content (AvgIpc) is 1.96. The second-order valence-electron chi connectivity index (χ2n) is 4.52. The molecule has 1 heterocycles. The molecule has 0 aromatic carbocycles. The maximum atomic E-state index is 11.6. The van der Waals surface area contributed by atoms with Crippen LogP contribution >= 0.6 is 0 Å². The molecule has 0 radical (unpaired) electrons. The SMILES string of the molecule is Cc1cn(C)c(=O)c(NC(C)(C)C)n1. The van der Waals surface area contributed by atoms with Gasteiger partial charge < -0.3 is 9.88 Å². The number of aryl methyl sites for hydroxylation is 2. The molecule has 1 aromatic rings. The lowest BCUT2D eigenvalue weighted by Gasteiger charge is -2.21. The third-order valence-electron chi connectivity index (χ3n) is 1.68. The standard InChI is InChI=1S/C10H17N3O/c1-7-6-13(5)9(14)8(11-7)12-10(2,3)4/h6H,1-5H3,(H,11,12). The zero-order valence-electron chi connectivity index (χ0n) is 9.38. The quantitative estimate of drug-likeness (QED) is 0.734. The molecule has 0 atom stereocenters. The molecule has 1 rings (SSSR count). The first-order valence-corrected chi connectivity index (χ1v) is 4.62. The van der Waals surface area contributed by atoms with E-state index >= 15 is 0 Å². The molecule has 1 N–H and O–H groups in total. The molecule has 0 bridgehead atoms. The van der Waals surface area contributed by atoms with Crippen LogP contribution in [0.5, 0.6) is 0 Å². The molecule has 14 heavy (non-hydrogen) atoms. The Labute approximate surface area is 84.0 Å². The first-order chi connectivity index (χ1) is 6.29. The van der Waals surface area contributed by atoms with Crippen LogP contribution in [0.1, 0.15) is 26.5 Å². The van der Waals surface area contributed by atoms with E-state index in [4.69, 9.17) is 0 Å². The minimum absolute atomic E-state index is 0.0921. The smallest absolute Gasteiger partial charge is 0.293 e. The molecule has 0 spiro atoms. The first kappa shape index (κ1) is 10.8. The Kier molecular flexibility index (Phi) is 2.64. The zero-order valence-corrected chi connectivity index (χ0v) is 9.38. The molecule has 0 saturated carbocycles. The maximum Gasteiger partial charge on any atom is 0.293 e. The fraction of sp³-hybridized carbons (Fsp3) is 0.600. The number of anilines is 1. The second-order valence-corrected chi connectivity index (χ2v) is 4.52. The van der Waals surface area contributed by atoms with E-state index in [0.29, 0.717) is 5.82 Å². The molecule has 1 aromatic heterocycles. The summed E-state index contributed by atoms with van der Waals surface area (Å²) in [4.78, 5) is 15.8. The highest BCUT2D eigenvalue weighted by molar-refractivity contribution is 5.35. The van der Waals surface area contributed by atoms with Crippen LogP contribution in [0.15, 0.2) is 11.0 Å². The van der Waals surface area contributed by atoms with Gasteiger partial charge in [0.15, 0.2) is 5.82 Å². The van der Waals surface area contributed by atoms with E-state index in [1.54, 1.807) is 13.2 Å². The van der Waals surface area contributed by atoms with Gasteiger partial charge in [0.25, 0.3) is 5.56 Å². The summed E-state index contributed by atoms with van der Waals surface area (Å²) in [5.74, 6) is 0.417. The van der Waals surface area contributed by atoms with E-state index in [9.17, 15) is 4.79 Å². The topological polar surface area (TPSA) is 46.9 Å². The lowest BCUT2D eigenvalue weighted by atomic mass is 10.1. The highest BCUT2D eigenvalue weighted by Crippen LogP contribution is 2.07. The molecule has 0 aliphatic rings. The summed E-state index contributed by atoms with van der Waals surface area (Å²) < 4.78 is 1.54. The summed E-state index contributed by atoms with van der Waals surface area (Å²) >= 11 is 0. The first-order valence-electron chi connectivity index (χ1n) is 4.62. The van der Waals surface area contributed by atoms with Crippen molar-refractivity contribution >= 4 is 5.82 Å². The van der Waals surface area contributed by atoms with Crippen molar-refractivity contribution in [3.8, 4) is 0 Å². The van der Waals surface area contributed by atoms with Gasteiger partial charge in [0, 0.05) is 18.8 Å². The van der Waals surface area contributed by atoms with Gasteiger partial charge in [0.1, 0.15) is 0 Å². The van der Waals surface area contributed by atoms with E-state index in [0.717, 1.165) is 5.69 Å². The number of rotatable bonds is 1. The number of nitrogens with zero attached hydrogens (tertiary/aromatic N) is 2. The van der Waals surface area contributed by atoms with E-state index in [1.807, 2.05) is 27.7 Å². The van der Waals surface area contributed by atoms with Crippen LogP contribution in [0, 0.1) is 6.92 Å². The summed E-state index contributed by atoms with van der Waals surface area (Å²) in [7, 11) is 1.73. The fourth-order valence-electron chi connectivity index (χ4n) is 1.20. The van der Waals surface area contributed by atoms with Crippen molar-refractivity contribution in [2.45, 2.75) is 33.2 Å². The molecule has 4 nitrogen and oxygen atoms in total. The highest BCUT2D eigenvalue weighted by Gasteiger charge is 2.13. The Morgan fingerprint density at radius 2 is 2.00 bits per heavy atom. The van der Waals surface area contributed by atoms with Crippen LogP contribution < -0.4 is 10.9 Å². The number of nitrogens with one attached hydrogen (secondary N) is 1. The highest BCUT2D eigenvalue weighted by atomic mass is 16.1. The van der Waals surface area contributed by atoms with Crippen LogP contribution in [0.3, 0.4) is 0 Å². The zero-order chi connectivity index (χ0) is 10.9. The van der Waals surface area contributed by atoms with E-state index in [1.165, 1.54) is 4.57 Å². The minimum Gasteiger partial charge on any atom is -0.361 e. The Morgan fingerprint density at radius 1 is 1.43 bits per heavy atom. The summed E-state index contributed by atoms with van der Waals surface area (Å²) in [6, 6.07) is 0. The lowest BCUT2D eigenvalue weighted by Crippen LogP contribution is -2.33. The van der Waals surface area contributed by atoms with E-state index in [-0.39, 0.29) is 11.1 Å². The van der Waals surface area contributed by atoms with Gasteiger partial charge in [-0.25, -0.2) is 4.98 Å². The second kappa shape index (κ2) is 3.44. The summed E-state index contributed by atoms with van der Waals surface area (Å²) in [5, 5.41) is 3.09. The summed E-state index contributed by atoms with van der Waals surface area (Å²) in [5.41, 5.74) is 0.594. The molecule has 0 aliphatic heterocycles. The summed E-state index contributed by atoms with van der Waals surface area (Å²) in [6.07, 6.45) is 1.72. The Morgan fingerprint density at radius 3 is 2.50 bits per heavy atom. The normalized spacial score (nSPS) is 11.5. The number of hydrogen-bond donors (Lipinski definition) is 1. The van der Waals surface area contributed by atoms with Gasteiger partial charge in [-0.05, 0) is 27.7 Å². The monoisotopic (exact) mass is 195 g/mol. The number of aromatic nitrogens is 2. The molecule has 0 aliphatic carbocycles. The van der Waals surface area contributed by atoms with Crippen molar-refractivity contribution in [1.29, 1.82) is 0 Å². The Bertz CT molecular complexity index is 387. The van der Waals surface area contributed by atoms with Gasteiger partial charge >= 0.3 is 0 Å². The predicted octanol–water partition coefficient (Wildman–Crippen LogP) is 1.30. The van der Waals surface area contributed by atoms with Crippen LogP contribution in [0.25, 0.3) is 0 Å². The van der Waals surface area contributed by atoms with Crippen LogP contribution in [0.4, 0.5) is 5.82 Å². The van der Waals surface area contributed by atoms with Gasteiger partial charge in [-0.15, -0.1) is 0 Å². The molecule has 0 amide bonds. The molecule has 0 fully saturated rings. The van der Waals surface area contributed by atoms with Crippen molar-refractivity contribution in [3.05, 3.63) is 22.2 Å². The van der Waals surface area contributed by atoms with Crippen molar-refractivity contribution in [2.24, 2.45) is 7.05 Å². The molecule has 78 valence electrons. The van der Waals surface area contributed by atoms with Gasteiger partial charge in [0.05, 0.1) is 5.69 Å². The van der Waals surface area contributed by atoms with Gasteiger partial charge in [-0.3, -0.25) is 4.79 Å². The lowest BCUT2D eigenvalue weighted by molar-refractivity contribution is 0.625.